The van der Waals surface area contributed by atoms with Gasteiger partial charge in [-0.15, -0.1) is 0 Å². The van der Waals surface area contributed by atoms with Gasteiger partial charge in [0.25, 0.3) is 5.91 Å². The average Bonchev–Trinajstić information content (AvgIpc) is 2.87. The van der Waals surface area contributed by atoms with Crippen LogP contribution in [0.15, 0.2) is 24.4 Å². The van der Waals surface area contributed by atoms with Crippen molar-refractivity contribution >= 4 is 23.6 Å². The smallest absolute Gasteiger partial charge is 0.272 e. The molecular weight excluding hydrogens is 298 g/mol. The third-order valence-electron chi connectivity index (χ3n) is 4.47. The maximum atomic E-state index is 12.6. The number of amides is 2. The molecule has 3 saturated heterocycles. The molecule has 1 aromatic rings. The van der Waals surface area contributed by atoms with Crippen LogP contribution >= 0.6 is 11.8 Å². The van der Waals surface area contributed by atoms with E-state index in [1.54, 1.807) is 24.0 Å². The molecule has 3 aliphatic rings. The molecule has 3 aliphatic heterocycles. The third-order valence-corrected chi connectivity index (χ3v) is 5.01. The second-order valence-corrected chi connectivity index (χ2v) is 6.87. The maximum absolute atomic E-state index is 12.6. The number of hydrogen-bond acceptors (Lipinski definition) is 4. The summed E-state index contributed by atoms with van der Waals surface area (Å²) in [6.07, 6.45) is 5.69. The van der Waals surface area contributed by atoms with E-state index in [4.69, 9.17) is 0 Å². The summed E-state index contributed by atoms with van der Waals surface area (Å²) < 4.78 is 0. The molecule has 0 unspecified atom stereocenters. The van der Waals surface area contributed by atoms with Crippen LogP contribution in [-0.2, 0) is 4.79 Å². The van der Waals surface area contributed by atoms with Gasteiger partial charge in [-0.25, -0.2) is 0 Å². The number of hydrogen-bond donors (Lipinski definition) is 0. The predicted molar refractivity (Wildman–Crippen MR) is 86.7 cm³/mol. The third kappa shape index (κ3) is 3.11. The molecule has 2 bridgehead atoms. The molecule has 5 nitrogen and oxygen atoms in total. The van der Waals surface area contributed by atoms with Gasteiger partial charge in [-0.1, -0.05) is 6.07 Å². The van der Waals surface area contributed by atoms with E-state index in [1.165, 1.54) is 0 Å². The van der Waals surface area contributed by atoms with E-state index in [1.807, 2.05) is 28.2 Å². The number of pyridine rings is 1. The summed E-state index contributed by atoms with van der Waals surface area (Å²) in [5.41, 5.74) is 0.491. The van der Waals surface area contributed by atoms with E-state index in [0.717, 1.165) is 25.9 Å². The monoisotopic (exact) mass is 319 g/mol. The summed E-state index contributed by atoms with van der Waals surface area (Å²) in [5.74, 6) is 1.10. The lowest BCUT2D eigenvalue weighted by Crippen LogP contribution is -2.48. The van der Waals surface area contributed by atoms with E-state index in [0.29, 0.717) is 23.9 Å². The number of carbonyl (C=O) groups excluding carboxylic acids is 2. The van der Waals surface area contributed by atoms with Gasteiger partial charge in [0.05, 0.1) is 5.75 Å². The van der Waals surface area contributed by atoms with Crippen molar-refractivity contribution in [1.29, 1.82) is 0 Å². The van der Waals surface area contributed by atoms with Gasteiger partial charge >= 0.3 is 0 Å². The lowest BCUT2D eigenvalue weighted by Gasteiger charge is -2.36. The lowest BCUT2D eigenvalue weighted by molar-refractivity contribution is -0.132. The molecule has 4 heterocycles. The first-order valence-electron chi connectivity index (χ1n) is 7.67. The Morgan fingerprint density at radius 1 is 1.27 bits per heavy atom. The Bertz CT molecular complexity index is 552. The van der Waals surface area contributed by atoms with Crippen molar-refractivity contribution in [3.8, 4) is 0 Å². The van der Waals surface area contributed by atoms with Crippen LogP contribution in [0.5, 0.6) is 0 Å². The molecule has 0 spiro atoms. The summed E-state index contributed by atoms with van der Waals surface area (Å²) in [4.78, 5) is 33.0. The van der Waals surface area contributed by atoms with Crippen LogP contribution in [-0.4, -0.2) is 64.3 Å². The fourth-order valence-electron chi connectivity index (χ4n) is 3.41. The van der Waals surface area contributed by atoms with Crippen LogP contribution in [0.25, 0.3) is 0 Å². The number of piperidine rings is 1. The zero-order valence-corrected chi connectivity index (χ0v) is 13.6. The van der Waals surface area contributed by atoms with Gasteiger partial charge in [-0.05, 0) is 37.1 Å². The highest BCUT2D eigenvalue weighted by Gasteiger charge is 2.38. The van der Waals surface area contributed by atoms with Crippen molar-refractivity contribution in [3.05, 3.63) is 30.1 Å². The minimum absolute atomic E-state index is 0.0170. The normalized spacial score (nSPS) is 24.2. The first-order chi connectivity index (χ1) is 10.7. The van der Waals surface area contributed by atoms with Crippen molar-refractivity contribution in [2.75, 3.05) is 31.6 Å². The highest BCUT2D eigenvalue weighted by molar-refractivity contribution is 7.99. The summed E-state index contributed by atoms with van der Waals surface area (Å²) in [7, 11) is 0. The van der Waals surface area contributed by atoms with Crippen LogP contribution in [0.2, 0.25) is 0 Å². The van der Waals surface area contributed by atoms with Crippen molar-refractivity contribution < 1.29 is 9.59 Å². The largest absolute Gasteiger partial charge is 0.337 e. The fourth-order valence-corrected chi connectivity index (χ4v) is 3.82. The number of aromatic nitrogens is 1. The Balaban J connectivity index is 1.75. The van der Waals surface area contributed by atoms with Crippen molar-refractivity contribution in [1.82, 2.24) is 14.8 Å². The predicted octanol–water partition coefficient (Wildman–Crippen LogP) is 1.51. The molecule has 6 heteroatoms. The van der Waals surface area contributed by atoms with Crippen LogP contribution in [0.4, 0.5) is 0 Å². The number of fused-ring (bicyclic) bond motifs is 4. The van der Waals surface area contributed by atoms with Gasteiger partial charge in [0.15, 0.2) is 0 Å². The van der Waals surface area contributed by atoms with Gasteiger partial charge < -0.3 is 9.80 Å². The number of carbonyl (C=O) groups is 2. The van der Waals surface area contributed by atoms with Crippen LogP contribution in [0.1, 0.15) is 23.3 Å². The summed E-state index contributed by atoms with van der Waals surface area (Å²) in [6, 6.07) is 5.56. The summed E-state index contributed by atoms with van der Waals surface area (Å²) in [6.45, 7) is 2.15. The Labute approximate surface area is 135 Å². The zero-order chi connectivity index (χ0) is 15.5. The second-order valence-electron chi connectivity index (χ2n) is 6.00. The molecule has 0 aromatic carbocycles. The average molecular weight is 319 g/mol. The Kier molecular flexibility index (Phi) is 4.66. The molecule has 22 heavy (non-hydrogen) atoms. The van der Waals surface area contributed by atoms with Crippen molar-refractivity contribution in [2.45, 2.75) is 18.9 Å². The molecule has 3 fully saturated rings. The van der Waals surface area contributed by atoms with Crippen LogP contribution in [0, 0.1) is 5.92 Å². The maximum Gasteiger partial charge on any atom is 0.272 e. The van der Waals surface area contributed by atoms with Crippen LogP contribution < -0.4 is 0 Å². The highest BCUT2D eigenvalue weighted by Crippen LogP contribution is 2.29. The minimum atomic E-state index is -0.0170. The van der Waals surface area contributed by atoms with E-state index in [9.17, 15) is 9.59 Å². The molecule has 2 amide bonds. The molecule has 118 valence electrons. The SMILES string of the molecule is CSCC(=O)N1C[C@H]2CC[C@@H]1CN(C(=O)c1ccccn1)C2. The quantitative estimate of drug-likeness (QED) is 0.847. The molecule has 2 atom stereocenters. The second kappa shape index (κ2) is 6.69. The first kappa shape index (κ1) is 15.3. The fraction of sp³-hybridized carbons (Fsp3) is 0.562. The zero-order valence-electron chi connectivity index (χ0n) is 12.8. The van der Waals surface area contributed by atoms with Crippen molar-refractivity contribution in [2.24, 2.45) is 5.92 Å². The number of nitrogens with zero attached hydrogens (tertiary/aromatic N) is 3. The van der Waals surface area contributed by atoms with E-state index in [-0.39, 0.29) is 17.9 Å². The first-order valence-corrected chi connectivity index (χ1v) is 9.07. The molecule has 0 aliphatic carbocycles. The molecule has 0 radical (unpaired) electrons. The van der Waals surface area contributed by atoms with Crippen molar-refractivity contribution in [3.63, 3.8) is 0 Å². The summed E-state index contributed by atoms with van der Waals surface area (Å²) in [5, 5.41) is 0. The standard InChI is InChI=1S/C16H21N3O2S/c1-22-11-15(20)19-9-12-5-6-13(19)10-18(8-12)16(21)14-4-2-3-7-17-14/h2-4,7,12-13H,5-6,8-11H2,1H3/t12-,13+/m0/s1. The Morgan fingerprint density at radius 3 is 2.86 bits per heavy atom. The van der Waals surface area contributed by atoms with E-state index >= 15 is 0 Å². The summed E-state index contributed by atoms with van der Waals surface area (Å²) >= 11 is 1.56. The number of thioether (sulfide) groups is 1. The highest BCUT2D eigenvalue weighted by atomic mass is 32.2. The van der Waals surface area contributed by atoms with E-state index < -0.39 is 0 Å². The molecular formula is C16H21N3O2S. The Morgan fingerprint density at radius 2 is 2.14 bits per heavy atom. The van der Waals surface area contributed by atoms with Crippen LogP contribution in [0.3, 0.4) is 0 Å². The minimum Gasteiger partial charge on any atom is -0.337 e. The van der Waals surface area contributed by atoms with Gasteiger partial charge in [0.2, 0.25) is 5.91 Å². The molecule has 4 rings (SSSR count). The molecule has 1 aromatic heterocycles. The number of rotatable bonds is 3. The lowest BCUT2D eigenvalue weighted by atomic mass is 9.95. The van der Waals surface area contributed by atoms with Gasteiger partial charge in [-0.3, -0.25) is 14.6 Å². The topological polar surface area (TPSA) is 53.5 Å². The van der Waals surface area contributed by atoms with Gasteiger partial charge in [-0.2, -0.15) is 11.8 Å². The molecule has 0 N–H and O–H groups in total. The van der Waals surface area contributed by atoms with Gasteiger partial charge in [0.1, 0.15) is 5.69 Å². The van der Waals surface area contributed by atoms with Gasteiger partial charge in [0, 0.05) is 31.9 Å². The molecule has 0 saturated carbocycles. The Hall–Kier alpha value is -1.56. The van der Waals surface area contributed by atoms with E-state index in [2.05, 4.69) is 4.98 Å².